The number of nitrogens with zero attached hydrogens (tertiary/aromatic N) is 2. The van der Waals surface area contributed by atoms with E-state index in [4.69, 9.17) is 0 Å². The average molecular weight is 364 g/mol. The topological polar surface area (TPSA) is 25.8 Å². The first-order chi connectivity index (χ1) is 7.74. The van der Waals surface area contributed by atoms with Crippen molar-refractivity contribution in [3.63, 3.8) is 0 Å². The molecule has 0 amide bonds. The second kappa shape index (κ2) is 5.55. The molecule has 0 spiro atoms. The van der Waals surface area contributed by atoms with Crippen LogP contribution in [0.5, 0.6) is 0 Å². The van der Waals surface area contributed by atoms with Crippen LogP contribution in [-0.4, -0.2) is 9.97 Å². The minimum absolute atomic E-state index is 0.558. The second-order valence-electron chi connectivity index (χ2n) is 3.66. The molecule has 0 aliphatic rings. The maximum absolute atomic E-state index is 4.66. The molecule has 5 heteroatoms. The van der Waals surface area contributed by atoms with Crippen molar-refractivity contribution in [2.45, 2.75) is 30.6 Å². The normalized spacial score (nSPS) is 12.9. The smallest absolute Gasteiger partial charge is 0.143 e. The lowest BCUT2D eigenvalue weighted by Gasteiger charge is -2.01. The summed E-state index contributed by atoms with van der Waals surface area (Å²) in [6.45, 7) is 4.42. The van der Waals surface area contributed by atoms with Crippen LogP contribution in [0.1, 0.15) is 36.9 Å². The van der Waals surface area contributed by atoms with E-state index in [1.807, 2.05) is 0 Å². The van der Waals surface area contributed by atoms with Gasteiger partial charge in [0.25, 0.3) is 0 Å². The van der Waals surface area contributed by atoms with E-state index >= 15 is 0 Å². The van der Waals surface area contributed by atoms with Crippen molar-refractivity contribution < 1.29 is 0 Å². The van der Waals surface area contributed by atoms with E-state index in [-0.39, 0.29) is 0 Å². The van der Waals surface area contributed by atoms with Gasteiger partial charge in [-0.15, -0.1) is 22.7 Å². The van der Waals surface area contributed by atoms with Gasteiger partial charge in [0.1, 0.15) is 10.7 Å². The van der Waals surface area contributed by atoms with Crippen molar-refractivity contribution in [3.8, 4) is 10.7 Å². The Morgan fingerprint density at radius 3 is 2.75 bits per heavy atom. The Bertz CT molecular complexity index is 464. The van der Waals surface area contributed by atoms with Crippen LogP contribution < -0.4 is 0 Å². The van der Waals surface area contributed by atoms with Crippen LogP contribution in [0.15, 0.2) is 10.8 Å². The summed E-state index contributed by atoms with van der Waals surface area (Å²) in [5.41, 5.74) is 2.19. The molecule has 0 saturated carbocycles. The Morgan fingerprint density at radius 1 is 1.31 bits per heavy atom. The second-order valence-corrected chi connectivity index (χ2v) is 6.17. The number of hydrogen-bond donors (Lipinski definition) is 0. The van der Waals surface area contributed by atoms with Gasteiger partial charge in [-0.3, -0.25) is 0 Å². The number of thiazole rings is 2. The zero-order valence-electron chi connectivity index (χ0n) is 9.24. The van der Waals surface area contributed by atoms with Gasteiger partial charge in [-0.05, 0) is 6.42 Å². The van der Waals surface area contributed by atoms with Crippen molar-refractivity contribution in [3.05, 3.63) is 21.5 Å². The monoisotopic (exact) mass is 364 g/mol. The van der Waals surface area contributed by atoms with Crippen molar-refractivity contribution in [2.24, 2.45) is 0 Å². The largest absolute Gasteiger partial charge is 0.239 e. The van der Waals surface area contributed by atoms with E-state index in [0.29, 0.717) is 5.92 Å². The summed E-state index contributed by atoms with van der Waals surface area (Å²) in [6.07, 6.45) is 1.14. The first-order valence-corrected chi connectivity index (χ1v) is 8.49. The number of hydrogen-bond acceptors (Lipinski definition) is 4. The first kappa shape index (κ1) is 12.4. The summed E-state index contributed by atoms with van der Waals surface area (Å²) in [4.78, 5) is 9.22. The van der Waals surface area contributed by atoms with Crippen molar-refractivity contribution in [1.82, 2.24) is 9.97 Å². The van der Waals surface area contributed by atoms with Gasteiger partial charge in [0.2, 0.25) is 0 Å². The molecule has 1 atom stereocenters. The van der Waals surface area contributed by atoms with E-state index in [2.05, 4.69) is 57.2 Å². The maximum atomic E-state index is 4.66. The number of alkyl halides is 1. The van der Waals surface area contributed by atoms with Gasteiger partial charge < -0.3 is 0 Å². The summed E-state index contributed by atoms with van der Waals surface area (Å²) < 4.78 is 0.969. The zero-order valence-corrected chi connectivity index (χ0v) is 13.0. The quantitative estimate of drug-likeness (QED) is 0.580. The number of rotatable bonds is 4. The molecule has 2 nitrogen and oxygen atoms in total. The Balaban J connectivity index is 2.24. The van der Waals surface area contributed by atoms with Crippen LogP contribution in [-0.2, 0) is 4.43 Å². The lowest BCUT2D eigenvalue weighted by Crippen LogP contribution is -1.89. The highest BCUT2D eigenvalue weighted by Crippen LogP contribution is 2.29. The van der Waals surface area contributed by atoms with E-state index in [1.165, 1.54) is 5.01 Å². The molecule has 2 aromatic heterocycles. The number of halogens is 1. The van der Waals surface area contributed by atoms with Crippen molar-refractivity contribution >= 4 is 45.3 Å². The van der Waals surface area contributed by atoms with Gasteiger partial charge >= 0.3 is 0 Å². The molecular weight excluding hydrogens is 351 g/mol. The third kappa shape index (κ3) is 2.62. The fourth-order valence-corrected chi connectivity index (χ4v) is 3.76. The lowest BCUT2D eigenvalue weighted by atomic mass is 10.1. The summed E-state index contributed by atoms with van der Waals surface area (Å²) >= 11 is 5.77. The number of aromatic nitrogens is 2. The highest BCUT2D eigenvalue weighted by atomic mass is 127. The summed E-state index contributed by atoms with van der Waals surface area (Å²) in [5, 5.41) is 6.52. The van der Waals surface area contributed by atoms with E-state index < -0.39 is 0 Å². The highest BCUT2D eigenvalue weighted by molar-refractivity contribution is 14.1. The lowest BCUT2D eigenvalue weighted by molar-refractivity contribution is 0.727. The van der Waals surface area contributed by atoms with E-state index in [9.17, 15) is 0 Å². The van der Waals surface area contributed by atoms with Gasteiger partial charge in [0, 0.05) is 21.1 Å². The standard InChI is InChI=1S/C11H13IN2S2/c1-3-7(2)10-14-9(6-16-10)11-13-8(4-12)5-15-11/h5-7H,3-4H2,1-2H3. The third-order valence-electron chi connectivity index (χ3n) is 2.46. The molecule has 16 heavy (non-hydrogen) atoms. The molecule has 0 fully saturated rings. The molecule has 86 valence electrons. The van der Waals surface area contributed by atoms with Crippen LogP contribution in [0.2, 0.25) is 0 Å². The molecule has 0 bridgehead atoms. The van der Waals surface area contributed by atoms with Crippen molar-refractivity contribution in [2.75, 3.05) is 0 Å². The molecule has 0 aliphatic heterocycles. The highest BCUT2D eigenvalue weighted by Gasteiger charge is 2.12. The predicted octanol–water partition coefficient (Wildman–Crippen LogP) is 4.72. The van der Waals surface area contributed by atoms with Crippen LogP contribution in [0.4, 0.5) is 0 Å². The predicted molar refractivity (Wildman–Crippen MR) is 79.7 cm³/mol. The summed E-state index contributed by atoms with van der Waals surface area (Å²) in [5.74, 6) is 0.558. The Morgan fingerprint density at radius 2 is 2.12 bits per heavy atom. The fourth-order valence-electron chi connectivity index (χ4n) is 1.27. The van der Waals surface area contributed by atoms with Crippen LogP contribution in [0.3, 0.4) is 0 Å². The van der Waals surface area contributed by atoms with Gasteiger partial charge in [0.15, 0.2) is 0 Å². The molecule has 1 unspecified atom stereocenters. The summed E-state index contributed by atoms with van der Waals surface area (Å²) in [6, 6.07) is 0. The van der Waals surface area contributed by atoms with E-state index in [1.54, 1.807) is 22.7 Å². The first-order valence-electron chi connectivity index (χ1n) is 5.20. The Kier molecular flexibility index (Phi) is 4.32. The minimum Gasteiger partial charge on any atom is -0.239 e. The molecular formula is C11H13IN2S2. The van der Waals surface area contributed by atoms with Gasteiger partial charge in [-0.1, -0.05) is 36.4 Å². The van der Waals surface area contributed by atoms with Crippen LogP contribution in [0.25, 0.3) is 10.7 Å². The fraction of sp³-hybridized carbons (Fsp3) is 0.455. The van der Waals surface area contributed by atoms with Crippen LogP contribution in [0, 0.1) is 0 Å². The molecule has 0 saturated heterocycles. The van der Waals surface area contributed by atoms with Crippen LogP contribution >= 0.6 is 45.3 Å². The van der Waals surface area contributed by atoms with Gasteiger partial charge in [-0.25, -0.2) is 9.97 Å². The Labute approximate surface area is 117 Å². The summed E-state index contributed by atoms with van der Waals surface area (Å²) in [7, 11) is 0. The van der Waals surface area contributed by atoms with Gasteiger partial charge in [-0.2, -0.15) is 0 Å². The molecule has 2 aromatic rings. The Hall–Kier alpha value is -0.0100. The molecule has 0 radical (unpaired) electrons. The molecule has 2 heterocycles. The van der Waals surface area contributed by atoms with E-state index in [0.717, 1.165) is 27.2 Å². The SMILES string of the molecule is CCC(C)c1nc(-c2nc(CI)cs2)cs1. The molecule has 0 N–H and O–H groups in total. The average Bonchev–Trinajstić information content (AvgIpc) is 2.95. The molecule has 2 rings (SSSR count). The third-order valence-corrected chi connectivity index (χ3v) is 5.24. The minimum atomic E-state index is 0.558. The maximum Gasteiger partial charge on any atom is 0.143 e. The van der Waals surface area contributed by atoms with Crippen molar-refractivity contribution in [1.29, 1.82) is 0 Å². The zero-order chi connectivity index (χ0) is 11.5. The molecule has 0 aromatic carbocycles. The van der Waals surface area contributed by atoms with Gasteiger partial charge in [0.05, 0.1) is 10.7 Å². The molecule has 0 aliphatic carbocycles.